The monoisotopic (exact) mass is 232 g/mol. The zero-order valence-electron chi connectivity index (χ0n) is 8.46. The van der Waals surface area contributed by atoms with Crippen LogP contribution in [0.4, 0.5) is 4.79 Å². The molecule has 0 aromatic carbocycles. The largest absolute Gasteiger partial charge is 0.432 e. The number of carbonyl (C=O) groups is 1. The number of primary amides is 1. The lowest BCUT2D eigenvalue weighted by molar-refractivity contribution is 0.267. The van der Waals surface area contributed by atoms with Gasteiger partial charge in [-0.1, -0.05) is 0 Å². The minimum absolute atomic E-state index is 0.261. The van der Waals surface area contributed by atoms with Crippen molar-refractivity contribution in [1.29, 1.82) is 0 Å². The van der Waals surface area contributed by atoms with E-state index in [2.05, 4.69) is 4.99 Å². The molecule has 1 amide bonds. The fourth-order valence-corrected chi connectivity index (χ4v) is 3.33. The lowest BCUT2D eigenvalue weighted by atomic mass is 10.4. The molecule has 0 saturated carbocycles. The van der Waals surface area contributed by atoms with E-state index in [9.17, 15) is 4.79 Å². The van der Waals surface area contributed by atoms with Crippen LogP contribution >= 0.6 is 0 Å². The molecule has 1 aromatic rings. The van der Waals surface area contributed by atoms with E-state index in [4.69, 9.17) is 5.73 Å². The molecule has 2 N–H and O–H groups in total. The van der Waals surface area contributed by atoms with E-state index in [-0.39, 0.29) is 5.24 Å². The van der Waals surface area contributed by atoms with Crippen molar-refractivity contribution in [2.75, 3.05) is 5.75 Å². The molecule has 1 unspecified atom stereocenters. The number of carbonyl (C=O) groups excluding carboxylic acids is 1. The van der Waals surface area contributed by atoms with Crippen molar-refractivity contribution in [3.05, 3.63) is 40.7 Å². The first kappa shape index (κ1) is 9.47. The molecule has 0 radical (unpaired) electrons. The van der Waals surface area contributed by atoms with Crippen molar-refractivity contribution in [1.82, 2.24) is 4.57 Å². The fourth-order valence-electron chi connectivity index (χ4n) is 1.81. The Morgan fingerprint density at radius 2 is 2.44 bits per heavy atom. The lowest BCUT2D eigenvalue weighted by Gasteiger charge is -1.98. The van der Waals surface area contributed by atoms with Gasteiger partial charge in [-0.2, -0.15) is 0 Å². The SMILES string of the molecule is NC(=O)[S+]1CC=C2N=Cc3cccn3C=C21. The topological polar surface area (TPSA) is 60.4 Å². The summed E-state index contributed by atoms with van der Waals surface area (Å²) in [5.41, 5.74) is 7.28. The summed E-state index contributed by atoms with van der Waals surface area (Å²) in [5, 5.41) is -0.261. The third kappa shape index (κ3) is 1.32. The van der Waals surface area contributed by atoms with Gasteiger partial charge in [-0.25, -0.2) is 9.79 Å². The van der Waals surface area contributed by atoms with E-state index >= 15 is 0 Å². The van der Waals surface area contributed by atoms with Gasteiger partial charge in [-0.15, -0.1) is 0 Å². The van der Waals surface area contributed by atoms with Crippen molar-refractivity contribution in [2.45, 2.75) is 0 Å². The van der Waals surface area contributed by atoms with Crippen molar-refractivity contribution < 1.29 is 4.79 Å². The summed E-state index contributed by atoms with van der Waals surface area (Å²) in [6, 6.07) is 3.93. The molecule has 2 aliphatic heterocycles. The minimum atomic E-state index is -0.525. The molecule has 80 valence electrons. The summed E-state index contributed by atoms with van der Waals surface area (Å²) in [6.45, 7) is 0. The van der Waals surface area contributed by atoms with Crippen LogP contribution in [0.3, 0.4) is 0 Å². The maximum Gasteiger partial charge on any atom is 0.432 e. The Bertz CT molecular complexity index is 553. The van der Waals surface area contributed by atoms with Gasteiger partial charge < -0.3 is 10.3 Å². The highest BCUT2D eigenvalue weighted by Gasteiger charge is 2.39. The van der Waals surface area contributed by atoms with Crippen LogP contribution in [-0.4, -0.2) is 21.8 Å². The van der Waals surface area contributed by atoms with Crippen LogP contribution in [0.1, 0.15) is 5.69 Å². The maximum absolute atomic E-state index is 11.3. The number of nitrogens with two attached hydrogens (primary N) is 1. The number of rotatable bonds is 0. The van der Waals surface area contributed by atoms with Gasteiger partial charge in [-0.05, 0) is 18.2 Å². The number of hydrogen-bond acceptors (Lipinski definition) is 2. The van der Waals surface area contributed by atoms with Crippen LogP contribution < -0.4 is 5.73 Å². The van der Waals surface area contributed by atoms with Crippen molar-refractivity contribution in [2.24, 2.45) is 10.7 Å². The second-order valence-electron chi connectivity index (χ2n) is 3.56. The molecule has 3 heterocycles. The molecule has 0 bridgehead atoms. The molecule has 0 aliphatic carbocycles. The highest BCUT2D eigenvalue weighted by Crippen LogP contribution is 2.30. The summed E-state index contributed by atoms with van der Waals surface area (Å²) >= 11 is 0. The molecule has 2 aliphatic rings. The molecule has 4 nitrogen and oxygen atoms in total. The highest BCUT2D eigenvalue weighted by atomic mass is 32.2. The number of aromatic nitrogens is 1. The highest BCUT2D eigenvalue weighted by molar-refractivity contribution is 8.14. The number of aliphatic imine (C=N–C) groups is 1. The number of hydrogen-bond donors (Lipinski definition) is 1. The van der Waals surface area contributed by atoms with E-state index in [1.165, 1.54) is 0 Å². The first-order valence-corrected chi connectivity index (χ1v) is 6.28. The average molecular weight is 232 g/mol. The Morgan fingerprint density at radius 1 is 1.56 bits per heavy atom. The molecule has 5 heteroatoms. The predicted octanol–water partition coefficient (Wildman–Crippen LogP) is 1.31. The first-order valence-electron chi connectivity index (χ1n) is 4.89. The number of nitrogens with zero attached hydrogens (tertiary/aromatic N) is 2. The third-order valence-electron chi connectivity index (χ3n) is 2.61. The van der Waals surface area contributed by atoms with E-state index in [0.29, 0.717) is 5.75 Å². The molecule has 3 rings (SSSR count). The first-order chi connectivity index (χ1) is 7.75. The second-order valence-corrected chi connectivity index (χ2v) is 5.51. The molecule has 0 fully saturated rings. The van der Waals surface area contributed by atoms with Gasteiger partial charge in [0.2, 0.25) is 4.91 Å². The van der Waals surface area contributed by atoms with Crippen molar-refractivity contribution in [3.8, 4) is 0 Å². The third-order valence-corrected chi connectivity index (χ3v) is 4.44. The van der Waals surface area contributed by atoms with Crippen LogP contribution in [0.25, 0.3) is 6.20 Å². The maximum atomic E-state index is 11.3. The second kappa shape index (κ2) is 3.38. The molecule has 0 saturated heterocycles. The molecular weight excluding hydrogens is 222 g/mol. The van der Waals surface area contributed by atoms with Gasteiger partial charge >= 0.3 is 5.24 Å². The van der Waals surface area contributed by atoms with Crippen LogP contribution in [0, 0.1) is 0 Å². The summed E-state index contributed by atoms with van der Waals surface area (Å²) in [7, 11) is -0.525. The van der Waals surface area contributed by atoms with Crippen LogP contribution in [0.2, 0.25) is 0 Å². The zero-order valence-corrected chi connectivity index (χ0v) is 9.28. The Balaban J connectivity index is 2.13. The van der Waals surface area contributed by atoms with Crippen LogP contribution in [0.15, 0.2) is 40.0 Å². The van der Waals surface area contributed by atoms with E-state index in [1.54, 1.807) is 0 Å². The normalized spacial score (nSPS) is 21.9. The Hall–Kier alpha value is -1.75. The van der Waals surface area contributed by atoms with Gasteiger partial charge in [-0.3, -0.25) is 0 Å². The van der Waals surface area contributed by atoms with Gasteiger partial charge in [0.1, 0.15) is 22.3 Å². The summed E-state index contributed by atoms with van der Waals surface area (Å²) in [4.78, 5) is 16.6. The van der Waals surface area contributed by atoms with Crippen LogP contribution in [0.5, 0.6) is 0 Å². The molecule has 0 spiro atoms. The van der Waals surface area contributed by atoms with Gasteiger partial charge in [0, 0.05) is 6.20 Å². The van der Waals surface area contributed by atoms with E-state index in [0.717, 1.165) is 16.3 Å². The number of fused-ring (bicyclic) bond motifs is 2. The fraction of sp³-hybridized carbons (Fsp3) is 0.0909. The van der Waals surface area contributed by atoms with Crippen molar-refractivity contribution >= 4 is 28.5 Å². The molecule has 1 atom stereocenters. The Labute approximate surface area is 95.5 Å². The Kier molecular flexibility index (Phi) is 2.00. The summed E-state index contributed by atoms with van der Waals surface area (Å²) in [5.74, 6) is 0.685. The van der Waals surface area contributed by atoms with Crippen LogP contribution in [-0.2, 0) is 10.9 Å². The lowest BCUT2D eigenvalue weighted by Crippen LogP contribution is -2.23. The predicted molar refractivity (Wildman–Crippen MR) is 66.2 cm³/mol. The van der Waals surface area contributed by atoms with Gasteiger partial charge in [0.15, 0.2) is 0 Å². The minimum Gasteiger partial charge on any atom is -0.324 e. The summed E-state index contributed by atoms with van der Waals surface area (Å²) < 4.78 is 1.97. The van der Waals surface area contributed by atoms with Gasteiger partial charge in [0.25, 0.3) is 0 Å². The number of amides is 1. The zero-order chi connectivity index (χ0) is 11.1. The summed E-state index contributed by atoms with van der Waals surface area (Å²) in [6.07, 6.45) is 7.68. The van der Waals surface area contributed by atoms with Crippen molar-refractivity contribution in [3.63, 3.8) is 0 Å². The van der Waals surface area contributed by atoms with E-state index in [1.807, 2.05) is 41.4 Å². The Morgan fingerprint density at radius 3 is 3.25 bits per heavy atom. The van der Waals surface area contributed by atoms with Gasteiger partial charge in [0.05, 0.1) is 18.1 Å². The molecule has 16 heavy (non-hydrogen) atoms. The molecular formula is C11H10N3OS+. The quantitative estimate of drug-likeness (QED) is 0.674. The van der Waals surface area contributed by atoms with E-state index < -0.39 is 10.9 Å². The smallest absolute Gasteiger partial charge is 0.324 e. The standard InChI is InChI=1S/C11H9N3OS/c12-11(15)16-5-3-9-10(16)7-14-4-1-2-8(14)6-13-9/h1-4,6-7H,5H2,(H-,12,15)/p+1. The molecule has 1 aromatic heterocycles. The average Bonchev–Trinajstić information content (AvgIpc) is 2.81.